The Labute approximate surface area is 198 Å². The van der Waals surface area contributed by atoms with Crippen molar-refractivity contribution < 1.29 is 22.7 Å². The number of carbonyl (C=O) groups excluding carboxylic acids is 1. The molecule has 4 rings (SSSR count). The SMILES string of the molecule is COc1ccccc1C1CCN(C(=O)C(C)N2CCN(c3ccc(C(F)(F)F)cn3)CC2)CC1. The molecule has 1 aromatic heterocycles. The van der Waals surface area contributed by atoms with E-state index in [1.165, 1.54) is 11.6 Å². The smallest absolute Gasteiger partial charge is 0.417 e. The molecule has 2 saturated heterocycles. The molecule has 0 spiro atoms. The zero-order chi connectivity index (χ0) is 24.3. The Bertz CT molecular complexity index is 967. The molecule has 2 fully saturated rings. The summed E-state index contributed by atoms with van der Waals surface area (Å²) >= 11 is 0. The van der Waals surface area contributed by atoms with Crippen LogP contribution in [0.2, 0.25) is 0 Å². The van der Waals surface area contributed by atoms with Crippen molar-refractivity contribution in [1.29, 1.82) is 0 Å². The van der Waals surface area contributed by atoms with Gasteiger partial charge in [0.1, 0.15) is 11.6 Å². The van der Waals surface area contributed by atoms with Crippen LogP contribution in [0.5, 0.6) is 5.75 Å². The van der Waals surface area contributed by atoms with Gasteiger partial charge in [-0.05, 0) is 49.4 Å². The Morgan fingerprint density at radius 3 is 2.29 bits per heavy atom. The highest BCUT2D eigenvalue weighted by atomic mass is 19.4. The Kier molecular flexibility index (Phi) is 7.30. The number of anilines is 1. The number of para-hydroxylation sites is 1. The van der Waals surface area contributed by atoms with E-state index < -0.39 is 11.7 Å². The third-order valence-electron chi connectivity index (χ3n) is 7.00. The van der Waals surface area contributed by atoms with Gasteiger partial charge in [0.2, 0.25) is 5.91 Å². The molecule has 184 valence electrons. The molecular formula is C25H31F3N4O2. The first kappa shape index (κ1) is 24.3. The van der Waals surface area contributed by atoms with Crippen molar-refractivity contribution in [3.63, 3.8) is 0 Å². The number of nitrogens with zero attached hydrogens (tertiary/aromatic N) is 4. The van der Waals surface area contributed by atoms with E-state index in [1.54, 1.807) is 7.11 Å². The maximum Gasteiger partial charge on any atom is 0.417 e. The van der Waals surface area contributed by atoms with Gasteiger partial charge >= 0.3 is 6.18 Å². The van der Waals surface area contributed by atoms with Crippen molar-refractivity contribution in [2.45, 2.75) is 37.9 Å². The minimum absolute atomic E-state index is 0.139. The van der Waals surface area contributed by atoms with Gasteiger partial charge in [0.15, 0.2) is 0 Å². The molecule has 34 heavy (non-hydrogen) atoms. The van der Waals surface area contributed by atoms with Gasteiger partial charge in [0.05, 0.1) is 18.7 Å². The lowest BCUT2D eigenvalue weighted by Crippen LogP contribution is -2.55. The molecule has 0 aliphatic carbocycles. The molecule has 2 aliphatic heterocycles. The number of piperidine rings is 1. The number of amides is 1. The average Bonchev–Trinajstić information content (AvgIpc) is 2.87. The summed E-state index contributed by atoms with van der Waals surface area (Å²) in [5.74, 6) is 1.96. The van der Waals surface area contributed by atoms with E-state index in [4.69, 9.17) is 4.74 Å². The predicted octanol–water partition coefficient (Wildman–Crippen LogP) is 4.03. The molecule has 1 amide bonds. The fourth-order valence-corrected chi connectivity index (χ4v) is 4.91. The molecular weight excluding hydrogens is 445 g/mol. The lowest BCUT2D eigenvalue weighted by molar-refractivity contribution is -0.138. The second-order valence-electron chi connectivity index (χ2n) is 8.94. The summed E-state index contributed by atoms with van der Waals surface area (Å²) in [6, 6.07) is 10.3. The molecule has 1 aromatic carbocycles. The maximum atomic E-state index is 13.2. The second-order valence-corrected chi connectivity index (χ2v) is 8.94. The van der Waals surface area contributed by atoms with Crippen LogP contribution in [0.25, 0.3) is 0 Å². The number of pyridine rings is 1. The van der Waals surface area contributed by atoms with Gasteiger partial charge < -0.3 is 14.5 Å². The summed E-state index contributed by atoms with van der Waals surface area (Å²) < 4.78 is 43.8. The van der Waals surface area contributed by atoms with Gasteiger partial charge in [-0.2, -0.15) is 13.2 Å². The quantitative estimate of drug-likeness (QED) is 0.652. The molecule has 1 unspecified atom stereocenters. The first-order chi connectivity index (χ1) is 16.3. The maximum absolute atomic E-state index is 13.2. The Morgan fingerprint density at radius 1 is 1.03 bits per heavy atom. The van der Waals surface area contributed by atoms with E-state index >= 15 is 0 Å². The van der Waals surface area contributed by atoms with Gasteiger partial charge in [-0.3, -0.25) is 9.69 Å². The van der Waals surface area contributed by atoms with Gasteiger partial charge in [-0.15, -0.1) is 0 Å². The van der Waals surface area contributed by atoms with Crippen molar-refractivity contribution in [3.05, 3.63) is 53.7 Å². The summed E-state index contributed by atoms with van der Waals surface area (Å²) in [4.78, 5) is 23.2. The van der Waals surface area contributed by atoms with Crippen LogP contribution >= 0.6 is 0 Å². The number of rotatable bonds is 5. The summed E-state index contributed by atoms with van der Waals surface area (Å²) in [6.45, 7) is 5.95. The molecule has 6 nitrogen and oxygen atoms in total. The van der Waals surface area contributed by atoms with Crippen molar-refractivity contribution in [1.82, 2.24) is 14.8 Å². The number of hydrogen-bond donors (Lipinski definition) is 0. The van der Waals surface area contributed by atoms with Crippen molar-refractivity contribution >= 4 is 11.7 Å². The molecule has 2 aliphatic rings. The second kappa shape index (κ2) is 10.2. The highest BCUT2D eigenvalue weighted by Crippen LogP contribution is 2.34. The fraction of sp³-hybridized carbons (Fsp3) is 0.520. The molecule has 2 aromatic rings. The van der Waals surface area contributed by atoms with Crippen LogP contribution < -0.4 is 9.64 Å². The zero-order valence-electron chi connectivity index (χ0n) is 19.6. The van der Waals surface area contributed by atoms with Crippen molar-refractivity contribution in [2.24, 2.45) is 0 Å². The third kappa shape index (κ3) is 5.29. The van der Waals surface area contributed by atoms with Gasteiger partial charge in [0.25, 0.3) is 0 Å². The number of ether oxygens (including phenoxy) is 1. The molecule has 9 heteroatoms. The van der Waals surface area contributed by atoms with Crippen LogP contribution in [-0.4, -0.2) is 73.1 Å². The number of methoxy groups -OCH3 is 1. The first-order valence-corrected chi connectivity index (χ1v) is 11.7. The fourth-order valence-electron chi connectivity index (χ4n) is 4.91. The number of aromatic nitrogens is 1. The minimum Gasteiger partial charge on any atom is -0.496 e. The largest absolute Gasteiger partial charge is 0.496 e. The molecule has 0 bridgehead atoms. The van der Waals surface area contributed by atoms with Crippen LogP contribution in [0.3, 0.4) is 0 Å². The standard InChI is InChI=1S/C25H31F3N4O2/c1-18(24(33)32-11-9-19(10-12-32)21-5-3-4-6-22(21)34-2)30-13-15-31(16-14-30)23-8-7-20(17-29-23)25(26,27)28/h3-8,17-19H,9-16H2,1-2H3. The van der Waals surface area contributed by atoms with Crippen LogP contribution in [-0.2, 0) is 11.0 Å². The van der Waals surface area contributed by atoms with Crippen molar-refractivity contribution in [2.75, 3.05) is 51.3 Å². The van der Waals surface area contributed by atoms with Crippen molar-refractivity contribution in [3.8, 4) is 5.75 Å². The van der Waals surface area contributed by atoms with Crippen LogP contribution in [0.1, 0.15) is 36.8 Å². The lowest BCUT2D eigenvalue weighted by atomic mass is 9.88. The van der Waals surface area contributed by atoms with Crippen LogP contribution in [0, 0.1) is 0 Å². The van der Waals surface area contributed by atoms with E-state index in [0.29, 0.717) is 37.9 Å². The van der Waals surface area contributed by atoms with Gasteiger partial charge in [0, 0.05) is 45.5 Å². The Hall–Kier alpha value is -2.81. The summed E-state index contributed by atoms with van der Waals surface area (Å²) in [7, 11) is 1.69. The summed E-state index contributed by atoms with van der Waals surface area (Å²) in [5.41, 5.74) is 0.460. The van der Waals surface area contributed by atoms with Gasteiger partial charge in [-0.25, -0.2) is 4.98 Å². The first-order valence-electron chi connectivity index (χ1n) is 11.7. The van der Waals surface area contributed by atoms with E-state index in [2.05, 4.69) is 16.0 Å². The lowest BCUT2D eigenvalue weighted by Gasteiger charge is -2.40. The number of piperazine rings is 1. The highest BCUT2D eigenvalue weighted by Gasteiger charge is 2.33. The molecule has 0 N–H and O–H groups in total. The molecule has 1 atom stereocenters. The average molecular weight is 477 g/mol. The van der Waals surface area contributed by atoms with E-state index in [1.807, 2.05) is 34.9 Å². The van der Waals surface area contributed by atoms with Crippen LogP contribution in [0.4, 0.5) is 19.0 Å². The number of likely N-dealkylation sites (tertiary alicyclic amines) is 1. The number of benzene rings is 1. The topological polar surface area (TPSA) is 48.9 Å². The minimum atomic E-state index is -4.39. The summed E-state index contributed by atoms with van der Waals surface area (Å²) in [6.07, 6.45) is -1.69. The zero-order valence-corrected chi connectivity index (χ0v) is 19.6. The monoisotopic (exact) mass is 476 g/mol. The Balaban J connectivity index is 1.28. The number of halogens is 3. The molecule has 0 radical (unpaired) electrons. The number of hydrogen-bond acceptors (Lipinski definition) is 5. The predicted molar refractivity (Wildman–Crippen MR) is 124 cm³/mol. The van der Waals surface area contributed by atoms with E-state index in [-0.39, 0.29) is 11.9 Å². The van der Waals surface area contributed by atoms with Gasteiger partial charge in [-0.1, -0.05) is 18.2 Å². The third-order valence-corrected chi connectivity index (χ3v) is 7.00. The van der Waals surface area contributed by atoms with E-state index in [0.717, 1.165) is 43.9 Å². The molecule has 0 saturated carbocycles. The summed E-state index contributed by atoms with van der Waals surface area (Å²) in [5, 5.41) is 0. The van der Waals surface area contributed by atoms with E-state index in [9.17, 15) is 18.0 Å². The van der Waals surface area contributed by atoms with Crippen LogP contribution in [0.15, 0.2) is 42.6 Å². The normalized spacial score (nSPS) is 19.2. The highest BCUT2D eigenvalue weighted by molar-refractivity contribution is 5.81. The number of carbonyl (C=O) groups is 1. The molecule has 3 heterocycles. The number of alkyl halides is 3. The Morgan fingerprint density at radius 2 is 1.71 bits per heavy atom.